The van der Waals surface area contributed by atoms with Crippen LogP contribution >= 0.6 is 11.6 Å². The zero-order valence-corrected chi connectivity index (χ0v) is 23.6. The van der Waals surface area contributed by atoms with Crippen LogP contribution in [0.3, 0.4) is 0 Å². The monoisotopic (exact) mass is 574 g/mol. The Morgan fingerprint density at radius 3 is 2.38 bits per heavy atom. The highest BCUT2D eigenvalue weighted by molar-refractivity contribution is 6.30. The zero-order chi connectivity index (χ0) is 29.0. The highest BCUT2D eigenvalue weighted by Crippen LogP contribution is 2.44. The number of carbonyl (C=O) groups is 3. The van der Waals surface area contributed by atoms with Gasteiger partial charge in [0.15, 0.2) is 0 Å². The number of aryl methyl sites for hydroxylation is 1. The van der Waals surface area contributed by atoms with Crippen LogP contribution in [0.1, 0.15) is 44.3 Å². The molecule has 1 saturated heterocycles. The molecule has 2 N–H and O–H groups in total. The molecule has 3 heterocycles. The minimum atomic E-state index is -0.641. The van der Waals surface area contributed by atoms with Gasteiger partial charge in [-0.1, -0.05) is 71.8 Å². The first kappa shape index (κ1) is 26.0. The maximum absolute atomic E-state index is 14.1. The number of benzene rings is 4. The molecule has 0 bridgehead atoms. The summed E-state index contributed by atoms with van der Waals surface area (Å²) >= 11 is 5.94. The summed E-state index contributed by atoms with van der Waals surface area (Å²) in [5, 5.41) is 4.59. The third-order valence-corrected chi connectivity index (χ3v) is 8.45. The lowest BCUT2D eigenvalue weighted by Crippen LogP contribution is -2.44. The molecule has 0 spiro atoms. The molecule has 4 amide bonds. The first-order valence-corrected chi connectivity index (χ1v) is 14.2. The standard InChI is InChI=1S/C34H27ClN4O3/c1-20-6-10-22(11-7-20)31-30-27(26-4-2-3-5-28(26)37-30)18-29-33(41)38(34(42)39(29)31)25-16-12-23(13-17-25)32(40)36-19-21-8-14-24(35)15-9-21/h2-17,29,31,37H,18-19H2,1H3,(H,36,40)/t29-,31?/m0/s1. The maximum Gasteiger partial charge on any atom is 0.332 e. The fourth-order valence-electron chi connectivity index (χ4n) is 6.06. The molecule has 5 aromatic rings. The van der Waals surface area contributed by atoms with Crippen LogP contribution in [0.5, 0.6) is 0 Å². The smallest absolute Gasteiger partial charge is 0.332 e. The van der Waals surface area contributed by atoms with Crippen molar-refractivity contribution in [2.75, 3.05) is 4.90 Å². The molecule has 0 radical (unpaired) electrons. The van der Waals surface area contributed by atoms with Gasteiger partial charge in [0.1, 0.15) is 12.1 Å². The van der Waals surface area contributed by atoms with Gasteiger partial charge < -0.3 is 10.3 Å². The number of imide groups is 1. The second kappa shape index (κ2) is 10.2. The van der Waals surface area contributed by atoms with Gasteiger partial charge in [0.2, 0.25) is 0 Å². The topological polar surface area (TPSA) is 85.5 Å². The van der Waals surface area contributed by atoms with Gasteiger partial charge in [0.05, 0.1) is 5.69 Å². The number of fused-ring (bicyclic) bond motifs is 4. The van der Waals surface area contributed by atoms with Gasteiger partial charge in [-0.3, -0.25) is 14.5 Å². The molecule has 2 atom stereocenters. The molecule has 2 aliphatic heterocycles. The summed E-state index contributed by atoms with van der Waals surface area (Å²) in [6, 6.07) is 28.5. The summed E-state index contributed by atoms with van der Waals surface area (Å²) in [5.41, 5.74) is 6.84. The molecule has 2 aliphatic rings. The number of anilines is 1. The molecule has 0 aliphatic carbocycles. The van der Waals surface area contributed by atoms with Crippen LogP contribution in [0.4, 0.5) is 10.5 Å². The Labute approximate surface area is 247 Å². The van der Waals surface area contributed by atoms with Gasteiger partial charge in [0, 0.05) is 40.1 Å². The number of halogens is 1. The zero-order valence-electron chi connectivity index (χ0n) is 22.8. The van der Waals surface area contributed by atoms with E-state index in [-0.39, 0.29) is 17.8 Å². The van der Waals surface area contributed by atoms with E-state index in [9.17, 15) is 14.4 Å². The van der Waals surface area contributed by atoms with Crippen LogP contribution in [0.15, 0.2) is 97.1 Å². The number of H-pyrrole nitrogens is 1. The van der Waals surface area contributed by atoms with Crippen LogP contribution in [0.25, 0.3) is 10.9 Å². The fourth-order valence-corrected chi connectivity index (χ4v) is 6.18. The number of nitrogens with zero attached hydrogens (tertiary/aromatic N) is 2. The summed E-state index contributed by atoms with van der Waals surface area (Å²) in [5.74, 6) is -0.522. The minimum absolute atomic E-state index is 0.252. The quantitative estimate of drug-likeness (QED) is 0.234. The number of hydrogen-bond donors (Lipinski definition) is 2. The average Bonchev–Trinajstić information content (AvgIpc) is 3.50. The predicted octanol–water partition coefficient (Wildman–Crippen LogP) is 6.54. The van der Waals surface area contributed by atoms with Crippen LogP contribution in [0, 0.1) is 6.92 Å². The van der Waals surface area contributed by atoms with Crippen LogP contribution in [-0.2, 0) is 17.8 Å². The number of nitrogens with one attached hydrogen (secondary N) is 2. The van der Waals surface area contributed by atoms with Crippen molar-refractivity contribution in [3.05, 3.63) is 136 Å². The number of rotatable bonds is 5. The summed E-state index contributed by atoms with van der Waals surface area (Å²) in [6.45, 7) is 2.38. The maximum atomic E-state index is 14.1. The van der Waals surface area contributed by atoms with Crippen LogP contribution in [0.2, 0.25) is 5.02 Å². The predicted molar refractivity (Wildman–Crippen MR) is 163 cm³/mol. The van der Waals surface area contributed by atoms with E-state index in [1.54, 1.807) is 41.3 Å². The molecular formula is C34H27ClN4O3. The largest absolute Gasteiger partial charge is 0.356 e. The highest BCUT2D eigenvalue weighted by Gasteiger charge is 2.53. The van der Waals surface area contributed by atoms with Crippen LogP contribution < -0.4 is 10.2 Å². The van der Waals surface area contributed by atoms with E-state index >= 15 is 0 Å². The van der Waals surface area contributed by atoms with Gasteiger partial charge in [0.25, 0.3) is 11.8 Å². The number of aromatic amines is 1. The van der Waals surface area contributed by atoms with Crippen molar-refractivity contribution < 1.29 is 14.4 Å². The van der Waals surface area contributed by atoms with E-state index in [0.717, 1.165) is 38.9 Å². The summed E-state index contributed by atoms with van der Waals surface area (Å²) in [7, 11) is 0. The lowest BCUT2D eigenvalue weighted by atomic mass is 9.88. The molecule has 7 rings (SSSR count). The van der Waals surface area contributed by atoms with E-state index in [1.165, 1.54) is 4.90 Å². The Morgan fingerprint density at radius 1 is 0.929 bits per heavy atom. The number of aromatic nitrogens is 1. The van der Waals surface area contributed by atoms with Crippen molar-refractivity contribution in [2.24, 2.45) is 0 Å². The van der Waals surface area contributed by atoms with E-state index in [1.807, 2.05) is 61.5 Å². The second-order valence-corrected chi connectivity index (χ2v) is 11.3. The highest BCUT2D eigenvalue weighted by atomic mass is 35.5. The SMILES string of the molecule is Cc1ccc(C2c3[nH]c4ccccc4c3C[C@H]3C(=O)N(c4ccc(C(=O)NCc5ccc(Cl)cc5)cc4)C(=O)N23)cc1. The summed E-state index contributed by atoms with van der Waals surface area (Å²) < 4.78 is 0. The number of para-hydroxylation sites is 1. The number of carbonyl (C=O) groups excluding carboxylic acids is 3. The van der Waals surface area contributed by atoms with Crippen molar-refractivity contribution in [1.29, 1.82) is 0 Å². The van der Waals surface area contributed by atoms with Crippen molar-refractivity contribution in [2.45, 2.75) is 32.0 Å². The second-order valence-electron chi connectivity index (χ2n) is 10.8. The number of hydrogen-bond acceptors (Lipinski definition) is 3. The number of urea groups is 1. The van der Waals surface area contributed by atoms with E-state index in [2.05, 4.69) is 16.4 Å². The normalized spacial score (nSPS) is 17.9. The van der Waals surface area contributed by atoms with E-state index < -0.39 is 12.1 Å². The van der Waals surface area contributed by atoms with Gasteiger partial charge in [-0.25, -0.2) is 9.69 Å². The molecule has 4 aromatic carbocycles. The molecule has 208 valence electrons. The lowest BCUT2D eigenvalue weighted by molar-refractivity contribution is -0.120. The average molecular weight is 575 g/mol. The minimum Gasteiger partial charge on any atom is -0.356 e. The van der Waals surface area contributed by atoms with Gasteiger partial charge in [-0.15, -0.1) is 0 Å². The first-order valence-electron chi connectivity index (χ1n) is 13.8. The third-order valence-electron chi connectivity index (χ3n) is 8.20. The molecule has 1 fully saturated rings. The van der Waals surface area contributed by atoms with Crippen molar-refractivity contribution in [1.82, 2.24) is 15.2 Å². The summed E-state index contributed by atoms with van der Waals surface area (Å²) in [4.78, 5) is 47.3. The lowest BCUT2D eigenvalue weighted by Gasteiger charge is -2.36. The van der Waals surface area contributed by atoms with Gasteiger partial charge in [-0.2, -0.15) is 0 Å². The number of amides is 4. The van der Waals surface area contributed by atoms with Gasteiger partial charge >= 0.3 is 6.03 Å². The van der Waals surface area contributed by atoms with E-state index in [0.29, 0.717) is 29.2 Å². The fraction of sp³-hybridized carbons (Fsp3) is 0.147. The van der Waals surface area contributed by atoms with Crippen molar-refractivity contribution in [3.63, 3.8) is 0 Å². The van der Waals surface area contributed by atoms with Crippen molar-refractivity contribution >= 4 is 46.0 Å². The Balaban J connectivity index is 1.19. The molecule has 1 aromatic heterocycles. The van der Waals surface area contributed by atoms with Crippen LogP contribution in [-0.4, -0.2) is 33.8 Å². The Bertz CT molecular complexity index is 1850. The summed E-state index contributed by atoms with van der Waals surface area (Å²) in [6.07, 6.45) is 0.425. The molecule has 0 saturated carbocycles. The van der Waals surface area contributed by atoms with E-state index in [4.69, 9.17) is 11.6 Å². The Kier molecular flexibility index (Phi) is 6.32. The Morgan fingerprint density at radius 2 is 1.64 bits per heavy atom. The molecule has 1 unspecified atom stereocenters. The van der Waals surface area contributed by atoms with Crippen molar-refractivity contribution in [3.8, 4) is 0 Å². The Hall–Kier alpha value is -4.88. The molecule has 7 nitrogen and oxygen atoms in total. The third kappa shape index (κ3) is 4.33. The van der Waals surface area contributed by atoms with Gasteiger partial charge in [-0.05, 0) is 66.1 Å². The first-order chi connectivity index (χ1) is 20.4. The molecule has 8 heteroatoms. The molecular weight excluding hydrogens is 548 g/mol. The molecule has 42 heavy (non-hydrogen) atoms.